The van der Waals surface area contributed by atoms with Gasteiger partial charge in [-0.25, -0.2) is 0 Å². The number of aryl methyl sites for hydroxylation is 1. The van der Waals surface area contributed by atoms with Gasteiger partial charge in [0.2, 0.25) is 0 Å². The number of nitriles is 1. The highest BCUT2D eigenvalue weighted by molar-refractivity contribution is 5.89. The van der Waals surface area contributed by atoms with E-state index in [-0.39, 0.29) is 0 Å². The van der Waals surface area contributed by atoms with Crippen molar-refractivity contribution in [1.82, 2.24) is 0 Å². The summed E-state index contributed by atoms with van der Waals surface area (Å²) >= 11 is 0. The number of hydrogen-bond donors (Lipinski definition) is 4. The summed E-state index contributed by atoms with van der Waals surface area (Å²) in [6.07, 6.45) is 6.83. The summed E-state index contributed by atoms with van der Waals surface area (Å²) in [6.45, 7) is 2.29. The summed E-state index contributed by atoms with van der Waals surface area (Å²) in [5.74, 6) is 0.947. The Bertz CT molecular complexity index is 967. The van der Waals surface area contributed by atoms with E-state index in [0.29, 0.717) is 17.5 Å². The normalized spacial score (nSPS) is 18.6. The molecular formula is C23H25N5. The van der Waals surface area contributed by atoms with Gasteiger partial charge in [-0.3, -0.25) is 0 Å². The summed E-state index contributed by atoms with van der Waals surface area (Å²) < 4.78 is 0. The van der Waals surface area contributed by atoms with Crippen LogP contribution in [0.5, 0.6) is 0 Å². The molecule has 0 saturated carbocycles. The van der Waals surface area contributed by atoms with Crippen molar-refractivity contribution >= 4 is 18.1 Å². The van der Waals surface area contributed by atoms with E-state index in [9.17, 15) is 5.26 Å². The van der Waals surface area contributed by atoms with Crippen LogP contribution in [0.3, 0.4) is 0 Å². The fraction of sp³-hybridized carbons (Fsp3) is 0.261. The summed E-state index contributed by atoms with van der Waals surface area (Å²) in [5.41, 5.74) is 12.1. The lowest BCUT2D eigenvalue weighted by Gasteiger charge is -2.32. The molecular weight excluding hydrogens is 346 g/mol. The average molecular weight is 371 g/mol. The van der Waals surface area contributed by atoms with Crippen LogP contribution < -0.4 is 11.1 Å². The van der Waals surface area contributed by atoms with Crippen LogP contribution in [0.1, 0.15) is 47.1 Å². The molecule has 2 aromatic carbocycles. The molecule has 0 amide bonds. The van der Waals surface area contributed by atoms with E-state index in [2.05, 4.69) is 30.4 Å². The number of nitrogens with one attached hydrogen (secondary N) is 3. The van der Waals surface area contributed by atoms with E-state index in [4.69, 9.17) is 16.6 Å². The first-order chi connectivity index (χ1) is 13.6. The number of benzene rings is 2. The predicted octanol–water partition coefficient (Wildman–Crippen LogP) is 4.33. The SMILES string of the molecule is CC1CCc2cc(C#N)ccc2C1Cc1ccc(C=N)c(N/C(C=N)=C/N)c1. The Morgan fingerprint density at radius 2 is 2.11 bits per heavy atom. The minimum Gasteiger partial charge on any atom is -0.403 e. The number of anilines is 1. The van der Waals surface area contributed by atoms with Gasteiger partial charge >= 0.3 is 0 Å². The van der Waals surface area contributed by atoms with Crippen molar-refractivity contribution in [3.8, 4) is 6.07 Å². The van der Waals surface area contributed by atoms with Gasteiger partial charge in [0, 0.05) is 29.9 Å². The first-order valence-corrected chi connectivity index (χ1v) is 9.45. The molecule has 0 spiro atoms. The molecule has 1 aliphatic rings. The third-order valence-electron chi connectivity index (χ3n) is 5.57. The van der Waals surface area contributed by atoms with E-state index in [0.717, 1.165) is 42.3 Å². The van der Waals surface area contributed by atoms with Gasteiger partial charge in [-0.1, -0.05) is 25.1 Å². The molecule has 2 atom stereocenters. The molecule has 0 bridgehead atoms. The maximum absolute atomic E-state index is 9.18. The van der Waals surface area contributed by atoms with Gasteiger partial charge in [0.15, 0.2) is 0 Å². The third-order valence-corrected chi connectivity index (χ3v) is 5.57. The van der Waals surface area contributed by atoms with Gasteiger partial charge < -0.3 is 21.9 Å². The summed E-state index contributed by atoms with van der Waals surface area (Å²) in [7, 11) is 0. The van der Waals surface area contributed by atoms with E-state index < -0.39 is 0 Å². The summed E-state index contributed by atoms with van der Waals surface area (Å²) in [5, 5.41) is 27.4. The van der Waals surface area contributed by atoms with Crippen LogP contribution in [0.25, 0.3) is 0 Å². The Kier molecular flexibility index (Phi) is 5.90. The largest absolute Gasteiger partial charge is 0.403 e. The molecule has 0 heterocycles. The lowest BCUT2D eigenvalue weighted by molar-refractivity contribution is 0.400. The van der Waals surface area contributed by atoms with E-state index >= 15 is 0 Å². The summed E-state index contributed by atoms with van der Waals surface area (Å²) in [4.78, 5) is 0. The highest BCUT2D eigenvalue weighted by Gasteiger charge is 2.27. The van der Waals surface area contributed by atoms with Crippen LogP contribution >= 0.6 is 0 Å². The molecule has 0 saturated heterocycles. The molecule has 0 fully saturated rings. The molecule has 142 valence electrons. The van der Waals surface area contributed by atoms with Gasteiger partial charge in [-0.05, 0) is 66.0 Å². The molecule has 2 unspecified atom stereocenters. The number of fused-ring (bicyclic) bond motifs is 1. The zero-order valence-electron chi connectivity index (χ0n) is 16.0. The van der Waals surface area contributed by atoms with Gasteiger partial charge in [0.25, 0.3) is 0 Å². The van der Waals surface area contributed by atoms with Crippen molar-refractivity contribution in [1.29, 1.82) is 16.1 Å². The first-order valence-electron chi connectivity index (χ1n) is 9.45. The van der Waals surface area contributed by atoms with Crippen LogP contribution in [0.15, 0.2) is 48.3 Å². The first kappa shape index (κ1) is 19.4. The summed E-state index contributed by atoms with van der Waals surface area (Å²) in [6, 6.07) is 14.3. The predicted molar refractivity (Wildman–Crippen MR) is 114 cm³/mol. The van der Waals surface area contributed by atoms with Crippen LogP contribution in [0, 0.1) is 28.1 Å². The molecule has 2 aromatic rings. The van der Waals surface area contributed by atoms with E-state index in [1.54, 1.807) is 0 Å². The Balaban J connectivity index is 1.92. The van der Waals surface area contributed by atoms with Crippen molar-refractivity contribution < 1.29 is 0 Å². The van der Waals surface area contributed by atoms with Crippen molar-refractivity contribution in [3.63, 3.8) is 0 Å². The number of hydrogen-bond acceptors (Lipinski definition) is 5. The molecule has 0 aromatic heterocycles. The zero-order valence-corrected chi connectivity index (χ0v) is 16.0. The van der Waals surface area contributed by atoms with E-state index in [1.807, 2.05) is 24.3 Å². The van der Waals surface area contributed by atoms with Crippen molar-refractivity contribution in [2.24, 2.45) is 11.7 Å². The standard InChI is InChI=1S/C23H25N5/c1-15-2-5-18-8-17(11-24)4-7-21(18)22(15)9-16-3-6-19(12-25)23(10-16)28-20(13-26)14-27/h3-4,6-8,10,12-15,22,25-26,28H,2,5,9,27H2,1H3/b20-14+,25-12?,26-13?. The maximum atomic E-state index is 9.18. The fourth-order valence-corrected chi connectivity index (χ4v) is 3.96. The molecule has 28 heavy (non-hydrogen) atoms. The Morgan fingerprint density at radius 1 is 1.29 bits per heavy atom. The van der Waals surface area contributed by atoms with Gasteiger partial charge in [-0.2, -0.15) is 5.26 Å². The fourth-order valence-electron chi connectivity index (χ4n) is 3.96. The molecule has 5 nitrogen and oxygen atoms in total. The third kappa shape index (κ3) is 3.96. The second kappa shape index (κ2) is 8.53. The van der Waals surface area contributed by atoms with E-state index in [1.165, 1.54) is 29.1 Å². The minimum atomic E-state index is 0.391. The second-order valence-corrected chi connectivity index (χ2v) is 7.31. The van der Waals surface area contributed by atoms with Gasteiger partial charge in [0.1, 0.15) is 0 Å². The minimum absolute atomic E-state index is 0.391. The smallest absolute Gasteiger partial charge is 0.0991 e. The van der Waals surface area contributed by atoms with Crippen LogP contribution in [0.4, 0.5) is 5.69 Å². The van der Waals surface area contributed by atoms with Crippen LogP contribution in [-0.4, -0.2) is 12.4 Å². The lowest BCUT2D eigenvalue weighted by atomic mass is 9.73. The monoisotopic (exact) mass is 371 g/mol. The van der Waals surface area contributed by atoms with Gasteiger partial charge in [0.05, 0.1) is 17.3 Å². The molecule has 5 heteroatoms. The van der Waals surface area contributed by atoms with Crippen molar-refractivity contribution in [3.05, 3.63) is 76.1 Å². The number of rotatable bonds is 6. The average Bonchev–Trinajstić information content (AvgIpc) is 2.73. The molecule has 1 aliphatic carbocycles. The lowest BCUT2D eigenvalue weighted by Crippen LogP contribution is -2.20. The van der Waals surface area contributed by atoms with Crippen LogP contribution in [0.2, 0.25) is 0 Å². The molecule has 0 radical (unpaired) electrons. The van der Waals surface area contributed by atoms with Crippen molar-refractivity contribution in [2.75, 3.05) is 5.32 Å². The number of nitrogens with zero attached hydrogens (tertiary/aromatic N) is 1. The highest BCUT2D eigenvalue weighted by atomic mass is 14.9. The molecule has 3 rings (SSSR count). The van der Waals surface area contributed by atoms with Gasteiger partial charge in [-0.15, -0.1) is 0 Å². The van der Waals surface area contributed by atoms with Crippen LogP contribution in [-0.2, 0) is 12.8 Å². The van der Waals surface area contributed by atoms with Crippen molar-refractivity contribution in [2.45, 2.75) is 32.1 Å². The Morgan fingerprint density at radius 3 is 2.79 bits per heavy atom. The molecule has 5 N–H and O–H groups in total. The topological polar surface area (TPSA) is 110 Å². The number of allylic oxidation sites excluding steroid dienone is 1. The maximum Gasteiger partial charge on any atom is 0.0991 e. The number of nitrogens with two attached hydrogens (primary N) is 1. The second-order valence-electron chi connectivity index (χ2n) is 7.31. The highest BCUT2D eigenvalue weighted by Crippen LogP contribution is 2.39. The quantitative estimate of drug-likeness (QED) is 0.567. The Labute approximate surface area is 165 Å². The Hall–Kier alpha value is -3.39. The molecule has 0 aliphatic heterocycles. The zero-order chi connectivity index (χ0) is 20.1.